The molecule has 0 spiro atoms. The molecule has 0 unspecified atom stereocenters. The molecule has 4 nitrogen and oxygen atoms in total. The van der Waals surface area contributed by atoms with Crippen molar-refractivity contribution in [2.75, 3.05) is 20.1 Å². The normalized spacial score (nSPS) is 12.1. The van der Waals surface area contributed by atoms with Crippen molar-refractivity contribution in [3.63, 3.8) is 0 Å². The van der Waals surface area contributed by atoms with Gasteiger partial charge in [-0.2, -0.15) is 0 Å². The number of hydrogen-bond donors (Lipinski definition) is 1. The van der Waals surface area contributed by atoms with Crippen molar-refractivity contribution < 1.29 is 17.2 Å². The van der Waals surface area contributed by atoms with Gasteiger partial charge in [-0.25, -0.2) is 21.5 Å². The summed E-state index contributed by atoms with van der Waals surface area (Å²) in [7, 11) is -2.68. The molecule has 1 aromatic rings. The van der Waals surface area contributed by atoms with Gasteiger partial charge in [0.1, 0.15) is 4.90 Å². The second kappa shape index (κ2) is 7.10. The summed E-state index contributed by atoms with van der Waals surface area (Å²) >= 11 is 0. The van der Waals surface area contributed by atoms with Gasteiger partial charge in [0.05, 0.1) is 0 Å². The van der Waals surface area contributed by atoms with Gasteiger partial charge in [-0.05, 0) is 30.7 Å². The van der Waals surface area contributed by atoms with E-state index < -0.39 is 26.6 Å². The Morgan fingerprint density at radius 3 is 2.45 bits per heavy atom. The molecule has 0 fully saturated rings. The van der Waals surface area contributed by atoms with Crippen LogP contribution in [-0.2, 0) is 16.6 Å². The maximum atomic E-state index is 13.8. The van der Waals surface area contributed by atoms with E-state index in [0.29, 0.717) is 12.1 Å². The van der Waals surface area contributed by atoms with Crippen LogP contribution in [0.1, 0.15) is 25.8 Å². The van der Waals surface area contributed by atoms with E-state index in [1.165, 1.54) is 13.1 Å². The molecule has 0 aliphatic heterocycles. The predicted molar refractivity (Wildman–Crippen MR) is 73.8 cm³/mol. The monoisotopic (exact) mass is 306 g/mol. The number of nitrogens with one attached hydrogen (secondary N) is 1. The molecule has 1 N–H and O–H groups in total. The van der Waals surface area contributed by atoms with Gasteiger partial charge in [0.2, 0.25) is 10.0 Å². The van der Waals surface area contributed by atoms with Gasteiger partial charge in [-0.1, -0.05) is 13.8 Å². The highest BCUT2D eigenvalue weighted by molar-refractivity contribution is 7.89. The van der Waals surface area contributed by atoms with Crippen LogP contribution in [0.3, 0.4) is 0 Å². The van der Waals surface area contributed by atoms with E-state index in [1.807, 2.05) is 6.92 Å². The minimum Gasteiger partial charge on any atom is -0.313 e. The first-order valence-electron chi connectivity index (χ1n) is 6.49. The van der Waals surface area contributed by atoms with E-state index in [2.05, 4.69) is 5.32 Å². The van der Waals surface area contributed by atoms with E-state index in [9.17, 15) is 17.2 Å². The highest BCUT2D eigenvalue weighted by Crippen LogP contribution is 2.22. The number of benzene rings is 1. The summed E-state index contributed by atoms with van der Waals surface area (Å²) < 4.78 is 52.5. The summed E-state index contributed by atoms with van der Waals surface area (Å²) in [6, 6.07) is 2.20. The highest BCUT2D eigenvalue weighted by Gasteiger charge is 2.26. The lowest BCUT2D eigenvalue weighted by molar-refractivity contribution is 0.457. The Morgan fingerprint density at radius 1 is 1.25 bits per heavy atom. The molecule has 0 heterocycles. The van der Waals surface area contributed by atoms with E-state index in [-0.39, 0.29) is 6.54 Å². The van der Waals surface area contributed by atoms with Crippen molar-refractivity contribution in [1.29, 1.82) is 0 Å². The second-order valence-corrected chi connectivity index (χ2v) is 6.50. The molecule has 0 bridgehead atoms. The SMILES string of the molecule is CCCNCc1cc(F)c(F)c(S(=O)(=O)N(C)CC)c1. The van der Waals surface area contributed by atoms with E-state index in [0.717, 1.165) is 23.3 Å². The topological polar surface area (TPSA) is 49.4 Å². The smallest absolute Gasteiger partial charge is 0.245 e. The van der Waals surface area contributed by atoms with Crippen molar-refractivity contribution in [1.82, 2.24) is 9.62 Å². The Balaban J connectivity index is 3.19. The van der Waals surface area contributed by atoms with Crippen LogP contribution in [0, 0.1) is 11.6 Å². The van der Waals surface area contributed by atoms with E-state index in [1.54, 1.807) is 6.92 Å². The maximum Gasteiger partial charge on any atom is 0.245 e. The van der Waals surface area contributed by atoms with Crippen molar-refractivity contribution in [2.24, 2.45) is 0 Å². The van der Waals surface area contributed by atoms with Crippen molar-refractivity contribution >= 4 is 10.0 Å². The number of halogens is 2. The molecule has 1 rings (SSSR count). The number of nitrogens with zero attached hydrogens (tertiary/aromatic N) is 1. The maximum absolute atomic E-state index is 13.8. The van der Waals surface area contributed by atoms with Gasteiger partial charge in [-0.3, -0.25) is 0 Å². The largest absolute Gasteiger partial charge is 0.313 e. The quantitative estimate of drug-likeness (QED) is 0.785. The molecule has 0 aliphatic carbocycles. The molecule has 0 aromatic heterocycles. The zero-order valence-corrected chi connectivity index (χ0v) is 12.7. The van der Waals surface area contributed by atoms with Crippen LogP contribution in [0.15, 0.2) is 17.0 Å². The summed E-state index contributed by atoms with van der Waals surface area (Å²) in [5.74, 6) is -2.48. The lowest BCUT2D eigenvalue weighted by Gasteiger charge is -2.16. The molecule has 0 amide bonds. The van der Waals surface area contributed by atoms with Gasteiger partial charge < -0.3 is 5.32 Å². The minimum absolute atomic E-state index is 0.182. The fraction of sp³-hybridized carbons (Fsp3) is 0.538. The molecule has 1 aromatic carbocycles. The van der Waals surface area contributed by atoms with Gasteiger partial charge in [0, 0.05) is 20.1 Å². The number of hydrogen-bond acceptors (Lipinski definition) is 3. The standard InChI is InChI=1S/C13H20F2N2O2S/c1-4-6-16-9-10-7-11(14)13(15)12(8-10)20(18,19)17(3)5-2/h7-8,16H,4-6,9H2,1-3H3. The van der Waals surface area contributed by atoms with Gasteiger partial charge in [-0.15, -0.1) is 0 Å². The molecule has 7 heteroatoms. The Morgan fingerprint density at radius 2 is 1.90 bits per heavy atom. The molecule has 0 saturated carbocycles. The Bertz CT molecular complexity index is 562. The summed E-state index contributed by atoms with van der Waals surface area (Å²) in [5, 5.41) is 3.02. The third-order valence-electron chi connectivity index (χ3n) is 2.94. The highest BCUT2D eigenvalue weighted by atomic mass is 32.2. The van der Waals surface area contributed by atoms with Crippen LogP contribution in [0.2, 0.25) is 0 Å². The third kappa shape index (κ3) is 3.74. The van der Waals surface area contributed by atoms with Crippen LogP contribution < -0.4 is 5.32 Å². The lowest BCUT2D eigenvalue weighted by Crippen LogP contribution is -2.28. The average Bonchev–Trinajstić information content (AvgIpc) is 2.41. The minimum atomic E-state index is -4.00. The third-order valence-corrected chi connectivity index (χ3v) is 4.88. The van der Waals surface area contributed by atoms with Crippen molar-refractivity contribution in [3.8, 4) is 0 Å². The van der Waals surface area contributed by atoms with Crippen LogP contribution in [0.5, 0.6) is 0 Å². The van der Waals surface area contributed by atoms with E-state index >= 15 is 0 Å². The lowest BCUT2D eigenvalue weighted by atomic mass is 10.2. The number of sulfonamides is 1. The molecule has 0 aliphatic rings. The van der Waals surface area contributed by atoms with E-state index in [4.69, 9.17) is 0 Å². The molecular formula is C13H20F2N2O2S. The van der Waals surface area contributed by atoms with Gasteiger partial charge in [0.25, 0.3) is 0 Å². The van der Waals surface area contributed by atoms with Crippen LogP contribution in [0.4, 0.5) is 8.78 Å². The molecule has 20 heavy (non-hydrogen) atoms. The Hall–Kier alpha value is -1.05. The zero-order chi connectivity index (χ0) is 15.3. The van der Waals surface area contributed by atoms with Crippen LogP contribution >= 0.6 is 0 Å². The summed E-state index contributed by atoms with van der Waals surface area (Å²) in [5.41, 5.74) is 0.403. The Labute approximate surface area is 118 Å². The fourth-order valence-corrected chi connectivity index (χ4v) is 2.95. The van der Waals surface area contributed by atoms with Crippen molar-refractivity contribution in [2.45, 2.75) is 31.7 Å². The molecule has 0 radical (unpaired) electrons. The molecular weight excluding hydrogens is 286 g/mol. The second-order valence-electron chi connectivity index (χ2n) is 4.49. The van der Waals surface area contributed by atoms with Crippen molar-refractivity contribution in [3.05, 3.63) is 29.3 Å². The summed E-state index contributed by atoms with van der Waals surface area (Å²) in [4.78, 5) is -0.616. The van der Waals surface area contributed by atoms with Gasteiger partial charge >= 0.3 is 0 Å². The first-order valence-corrected chi connectivity index (χ1v) is 7.93. The van der Waals surface area contributed by atoms with Gasteiger partial charge in [0.15, 0.2) is 11.6 Å². The molecule has 114 valence electrons. The van der Waals surface area contributed by atoms with Crippen LogP contribution in [-0.4, -0.2) is 32.9 Å². The Kier molecular flexibility index (Phi) is 6.04. The first-order chi connectivity index (χ1) is 9.34. The number of rotatable bonds is 7. The predicted octanol–water partition coefficient (Wildman–Crippen LogP) is 2.10. The molecule has 0 saturated heterocycles. The first kappa shape index (κ1) is 17.0. The van der Waals surface area contributed by atoms with Crippen LogP contribution in [0.25, 0.3) is 0 Å². The molecule has 0 atom stereocenters. The average molecular weight is 306 g/mol. The summed E-state index contributed by atoms with van der Waals surface area (Å²) in [6.45, 7) is 4.80. The fourth-order valence-electron chi connectivity index (χ4n) is 1.65. The summed E-state index contributed by atoms with van der Waals surface area (Å²) in [6.07, 6.45) is 0.896. The zero-order valence-electron chi connectivity index (χ0n) is 11.9.